The summed E-state index contributed by atoms with van der Waals surface area (Å²) in [7, 11) is 0. The molecular weight excluding hydrogens is 398 g/mol. The van der Waals surface area contributed by atoms with E-state index in [0.29, 0.717) is 22.8 Å². The van der Waals surface area contributed by atoms with Crippen LogP contribution in [0.4, 0.5) is 0 Å². The number of nitrogens with zero attached hydrogens (tertiary/aromatic N) is 3. The topological polar surface area (TPSA) is 43.9 Å². The van der Waals surface area contributed by atoms with Crippen molar-refractivity contribution in [2.45, 2.75) is 17.5 Å². The normalized spacial score (nSPS) is 10.9. The van der Waals surface area contributed by atoms with Crippen LogP contribution in [0, 0.1) is 0 Å². The predicted octanol–water partition coefficient (Wildman–Crippen LogP) is 5.43. The Labute approximate surface area is 151 Å². The van der Waals surface area contributed by atoms with E-state index in [4.69, 9.17) is 16.0 Å². The average Bonchev–Trinajstić information content (AvgIpc) is 3.14. The van der Waals surface area contributed by atoms with Crippen molar-refractivity contribution in [2.75, 3.05) is 0 Å². The van der Waals surface area contributed by atoms with E-state index >= 15 is 0 Å². The molecule has 2 aromatic heterocycles. The number of halogens is 2. The Hall–Kier alpha value is -1.50. The maximum absolute atomic E-state index is 5.91. The first-order chi connectivity index (χ1) is 11.2. The minimum absolute atomic E-state index is 0.615. The van der Waals surface area contributed by atoms with Crippen LogP contribution in [0.3, 0.4) is 0 Å². The second-order valence-electron chi connectivity index (χ2n) is 4.72. The molecule has 3 aromatic rings. The van der Waals surface area contributed by atoms with Gasteiger partial charge in [0.1, 0.15) is 0 Å². The van der Waals surface area contributed by atoms with Crippen LogP contribution in [-0.4, -0.2) is 14.8 Å². The first-order valence-electron chi connectivity index (χ1n) is 6.84. The Bertz CT molecular complexity index is 813. The van der Waals surface area contributed by atoms with Gasteiger partial charge in [0.05, 0.1) is 0 Å². The lowest BCUT2D eigenvalue weighted by molar-refractivity contribution is 0.545. The van der Waals surface area contributed by atoms with Crippen LogP contribution in [-0.2, 0) is 12.3 Å². The van der Waals surface area contributed by atoms with Gasteiger partial charge in [0.15, 0.2) is 15.6 Å². The summed E-state index contributed by atoms with van der Waals surface area (Å²) in [6, 6.07) is 11.5. The van der Waals surface area contributed by atoms with Crippen molar-refractivity contribution in [1.29, 1.82) is 0 Å². The smallest absolute Gasteiger partial charge is 0.200 e. The van der Waals surface area contributed by atoms with Gasteiger partial charge < -0.3 is 4.42 Å². The van der Waals surface area contributed by atoms with Gasteiger partial charge in [-0.2, -0.15) is 0 Å². The van der Waals surface area contributed by atoms with Gasteiger partial charge in [0, 0.05) is 17.3 Å². The molecule has 0 saturated heterocycles. The molecule has 0 saturated carbocycles. The molecule has 0 aliphatic carbocycles. The first-order valence-corrected chi connectivity index (χ1v) is 9.00. The number of aromatic nitrogens is 3. The Balaban J connectivity index is 1.82. The molecule has 3 rings (SSSR count). The third kappa shape index (κ3) is 3.88. The van der Waals surface area contributed by atoms with E-state index in [2.05, 4.69) is 32.7 Å². The van der Waals surface area contributed by atoms with Crippen LogP contribution in [0.5, 0.6) is 0 Å². The molecule has 7 heteroatoms. The first kappa shape index (κ1) is 16.4. The molecule has 118 valence electrons. The van der Waals surface area contributed by atoms with Crippen molar-refractivity contribution in [3.8, 4) is 11.6 Å². The summed E-state index contributed by atoms with van der Waals surface area (Å²) in [6.45, 7) is 4.42. The van der Waals surface area contributed by atoms with E-state index in [-0.39, 0.29) is 0 Å². The Kier molecular flexibility index (Phi) is 5.25. The quantitative estimate of drug-likeness (QED) is 0.401. The van der Waals surface area contributed by atoms with Crippen molar-refractivity contribution in [3.63, 3.8) is 0 Å². The van der Waals surface area contributed by atoms with E-state index < -0.39 is 0 Å². The van der Waals surface area contributed by atoms with E-state index in [9.17, 15) is 0 Å². The maximum Gasteiger partial charge on any atom is 0.200 e. The second kappa shape index (κ2) is 7.38. The van der Waals surface area contributed by atoms with Gasteiger partial charge in [-0.1, -0.05) is 41.6 Å². The molecule has 23 heavy (non-hydrogen) atoms. The Morgan fingerprint density at radius 2 is 2.00 bits per heavy atom. The molecule has 0 unspecified atom stereocenters. The summed E-state index contributed by atoms with van der Waals surface area (Å²) < 4.78 is 8.23. The number of allylic oxidation sites excluding steroid dienone is 1. The third-order valence-corrected chi connectivity index (χ3v) is 4.82. The van der Waals surface area contributed by atoms with Crippen LogP contribution >= 0.6 is 39.3 Å². The lowest BCUT2D eigenvalue weighted by Gasteiger charge is -2.06. The van der Waals surface area contributed by atoms with Crippen LogP contribution in [0.2, 0.25) is 5.02 Å². The Morgan fingerprint density at radius 3 is 2.65 bits per heavy atom. The molecule has 4 nitrogen and oxygen atoms in total. The molecule has 0 atom stereocenters. The largest absolute Gasteiger partial charge is 0.446 e. The second-order valence-corrected chi connectivity index (χ2v) is 6.88. The number of furan rings is 1. The minimum Gasteiger partial charge on any atom is -0.446 e. The summed E-state index contributed by atoms with van der Waals surface area (Å²) in [5.74, 6) is 2.15. The predicted molar refractivity (Wildman–Crippen MR) is 96.6 cm³/mol. The van der Waals surface area contributed by atoms with Gasteiger partial charge in [0.2, 0.25) is 5.82 Å². The zero-order valence-corrected chi connectivity index (χ0v) is 15.2. The van der Waals surface area contributed by atoms with Gasteiger partial charge in [-0.15, -0.1) is 16.8 Å². The highest BCUT2D eigenvalue weighted by Crippen LogP contribution is 2.29. The summed E-state index contributed by atoms with van der Waals surface area (Å²) in [4.78, 5) is 0. The third-order valence-electron chi connectivity index (χ3n) is 3.10. The van der Waals surface area contributed by atoms with Gasteiger partial charge >= 0.3 is 0 Å². The number of thioether (sulfide) groups is 1. The van der Waals surface area contributed by atoms with Crippen LogP contribution in [0.1, 0.15) is 5.56 Å². The molecule has 0 radical (unpaired) electrons. The van der Waals surface area contributed by atoms with Crippen LogP contribution in [0.15, 0.2) is 63.3 Å². The van der Waals surface area contributed by atoms with Gasteiger partial charge in [0.25, 0.3) is 0 Å². The van der Waals surface area contributed by atoms with Crippen molar-refractivity contribution in [1.82, 2.24) is 14.8 Å². The van der Waals surface area contributed by atoms with Gasteiger partial charge in [-0.25, -0.2) is 0 Å². The number of benzene rings is 1. The molecule has 0 aliphatic rings. The average molecular weight is 411 g/mol. The van der Waals surface area contributed by atoms with E-state index in [0.717, 1.165) is 15.9 Å². The molecule has 0 aliphatic heterocycles. The molecule has 1 aromatic carbocycles. The van der Waals surface area contributed by atoms with E-state index in [1.54, 1.807) is 11.8 Å². The fraction of sp³-hybridized carbons (Fsp3) is 0.125. The zero-order chi connectivity index (χ0) is 16.2. The fourth-order valence-electron chi connectivity index (χ4n) is 2.03. The lowest BCUT2D eigenvalue weighted by atomic mass is 10.2. The SMILES string of the molecule is C=CCn1c(SCc2ccc(Cl)cc2)nnc1-c1ccc(Br)o1. The molecule has 0 spiro atoms. The number of hydrogen-bond donors (Lipinski definition) is 0. The highest BCUT2D eigenvalue weighted by Gasteiger charge is 2.16. The number of hydrogen-bond acceptors (Lipinski definition) is 4. The summed E-state index contributed by atoms with van der Waals surface area (Å²) >= 11 is 10.8. The molecule has 0 bridgehead atoms. The van der Waals surface area contributed by atoms with Crippen LogP contribution in [0.25, 0.3) is 11.6 Å². The van der Waals surface area contributed by atoms with Crippen LogP contribution < -0.4 is 0 Å². The van der Waals surface area contributed by atoms with Crippen molar-refractivity contribution < 1.29 is 4.42 Å². The van der Waals surface area contributed by atoms with E-state index in [1.165, 1.54) is 5.56 Å². The van der Waals surface area contributed by atoms with E-state index in [1.807, 2.05) is 47.0 Å². The maximum atomic E-state index is 5.91. The molecule has 0 N–H and O–H groups in total. The van der Waals surface area contributed by atoms with Gasteiger partial charge in [-0.3, -0.25) is 4.57 Å². The molecular formula is C16H13BrClN3OS. The minimum atomic E-state index is 0.615. The molecule has 2 heterocycles. The van der Waals surface area contributed by atoms with Gasteiger partial charge in [-0.05, 0) is 45.8 Å². The molecule has 0 amide bonds. The van der Waals surface area contributed by atoms with Crippen molar-refractivity contribution >= 4 is 39.3 Å². The summed E-state index contributed by atoms with van der Waals surface area (Å²) in [6.07, 6.45) is 1.82. The molecule has 0 fully saturated rings. The Morgan fingerprint density at radius 1 is 1.22 bits per heavy atom. The zero-order valence-electron chi connectivity index (χ0n) is 12.1. The number of rotatable bonds is 6. The summed E-state index contributed by atoms with van der Waals surface area (Å²) in [5, 5.41) is 10.1. The fourth-order valence-corrected chi connectivity index (χ4v) is 3.37. The van der Waals surface area contributed by atoms with Crippen molar-refractivity contribution in [2.24, 2.45) is 0 Å². The van der Waals surface area contributed by atoms with Crippen molar-refractivity contribution in [3.05, 3.63) is 64.3 Å². The highest BCUT2D eigenvalue weighted by molar-refractivity contribution is 9.10. The monoisotopic (exact) mass is 409 g/mol. The standard InChI is InChI=1S/C16H13BrClN3OS/c1-2-9-21-15(13-7-8-14(17)22-13)19-20-16(21)23-10-11-3-5-12(18)6-4-11/h2-8H,1,9-10H2. The highest BCUT2D eigenvalue weighted by atomic mass is 79.9. The lowest BCUT2D eigenvalue weighted by Crippen LogP contribution is -2.00. The summed E-state index contributed by atoms with van der Waals surface area (Å²) in [5.41, 5.74) is 1.18.